The molecule has 0 radical (unpaired) electrons. The predicted octanol–water partition coefficient (Wildman–Crippen LogP) is 2.54. The Morgan fingerprint density at radius 1 is 1.42 bits per heavy atom. The number of nitriles is 1. The van der Waals surface area contributed by atoms with Gasteiger partial charge in [-0.2, -0.15) is 10.4 Å². The highest BCUT2D eigenvalue weighted by molar-refractivity contribution is 5.44. The van der Waals surface area contributed by atoms with E-state index < -0.39 is 0 Å². The summed E-state index contributed by atoms with van der Waals surface area (Å²) in [7, 11) is 3.40. The van der Waals surface area contributed by atoms with Crippen LogP contribution in [0.15, 0.2) is 24.3 Å². The topological polar surface area (TPSA) is 60.1 Å². The molecule has 0 amide bonds. The molecule has 5 nitrogen and oxygen atoms in total. The molecule has 0 atom stereocenters. The van der Waals surface area contributed by atoms with Crippen LogP contribution in [0.3, 0.4) is 0 Å². The molecule has 0 aliphatic heterocycles. The normalized spacial score (nSPS) is 10.2. The molecule has 2 rings (SSSR count). The maximum Gasteiger partial charge on any atom is 0.235 e. The van der Waals surface area contributed by atoms with Crippen molar-refractivity contribution < 1.29 is 9.47 Å². The second-order valence-electron chi connectivity index (χ2n) is 4.18. The van der Waals surface area contributed by atoms with Crippen molar-refractivity contribution in [3.05, 3.63) is 41.1 Å². The van der Waals surface area contributed by atoms with E-state index in [2.05, 4.69) is 11.2 Å². The molecular formula is C14H15N3O2. The molecule has 0 N–H and O–H groups in total. The van der Waals surface area contributed by atoms with Crippen LogP contribution in [0.2, 0.25) is 0 Å². The minimum atomic E-state index is 0.453. The number of nitrogens with zero attached hydrogens (tertiary/aromatic N) is 3. The SMILES string of the molecule is COCc1cccc(Oc2c(C#N)c(C)nn2C)c1. The number of methoxy groups -OCH3 is 1. The quantitative estimate of drug-likeness (QED) is 0.844. The van der Waals surface area contributed by atoms with Crippen LogP contribution in [-0.2, 0) is 18.4 Å². The Morgan fingerprint density at radius 2 is 2.21 bits per heavy atom. The lowest BCUT2D eigenvalue weighted by Crippen LogP contribution is -1.97. The van der Waals surface area contributed by atoms with Crippen molar-refractivity contribution in [1.29, 1.82) is 5.26 Å². The molecule has 1 aromatic heterocycles. The van der Waals surface area contributed by atoms with E-state index in [0.29, 0.717) is 29.5 Å². The molecular weight excluding hydrogens is 242 g/mol. The van der Waals surface area contributed by atoms with Crippen LogP contribution in [0.4, 0.5) is 0 Å². The number of ether oxygens (including phenoxy) is 2. The molecule has 2 aromatic rings. The first-order chi connectivity index (χ1) is 9.15. The molecule has 0 aliphatic rings. The molecule has 0 fully saturated rings. The van der Waals surface area contributed by atoms with E-state index in [1.54, 1.807) is 25.8 Å². The van der Waals surface area contributed by atoms with Crippen molar-refractivity contribution in [2.24, 2.45) is 7.05 Å². The monoisotopic (exact) mass is 257 g/mol. The molecule has 0 unspecified atom stereocenters. The summed E-state index contributed by atoms with van der Waals surface area (Å²) in [4.78, 5) is 0. The van der Waals surface area contributed by atoms with Gasteiger partial charge in [-0.25, -0.2) is 4.68 Å². The summed E-state index contributed by atoms with van der Waals surface area (Å²) in [6, 6.07) is 9.67. The van der Waals surface area contributed by atoms with E-state index in [9.17, 15) is 0 Å². The van der Waals surface area contributed by atoms with Gasteiger partial charge >= 0.3 is 0 Å². The summed E-state index contributed by atoms with van der Waals surface area (Å²) in [5.74, 6) is 1.11. The van der Waals surface area contributed by atoms with Crippen molar-refractivity contribution in [1.82, 2.24) is 9.78 Å². The Morgan fingerprint density at radius 3 is 2.89 bits per heavy atom. The van der Waals surface area contributed by atoms with Crippen LogP contribution in [0, 0.1) is 18.3 Å². The Balaban J connectivity index is 2.31. The molecule has 5 heteroatoms. The second-order valence-corrected chi connectivity index (χ2v) is 4.18. The highest BCUT2D eigenvalue weighted by Crippen LogP contribution is 2.27. The van der Waals surface area contributed by atoms with Gasteiger partial charge in [-0.3, -0.25) is 0 Å². The highest BCUT2D eigenvalue weighted by atomic mass is 16.5. The van der Waals surface area contributed by atoms with Gasteiger partial charge in [-0.1, -0.05) is 12.1 Å². The lowest BCUT2D eigenvalue weighted by Gasteiger charge is -2.07. The van der Waals surface area contributed by atoms with Crippen LogP contribution < -0.4 is 4.74 Å². The smallest absolute Gasteiger partial charge is 0.235 e. The van der Waals surface area contributed by atoms with Gasteiger partial charge in [-0.15, -0.1) is 0 Å². The van der Waals surface area contributed by atoms with Crippen LogP contribution >= 0.6 is 0 Å². The van der Waals surface area contributed by atoms with E-state index in [-0.39, 0.29) is 0 Å². The van der Waals surface area contributed by atoms with Gasteiger partial charge in [0.1, 0.15) is 17.4 Å². The summed E-state index contributed by atoms with van der Waals surface area (Å²) in [5.41, 5.74) is 2.13. The fourth-order valence-electron chi connectivity index (χ4n) is 1.86. The van der Waals surface area contributed by atoms with Gasteiger partial charge in [0.2, 0.25) is 5.88 Å². The first-order valence-electron chi connectivity index (χ1n) is 5.85. The lowest BCUT2D eigenvalue weighted by atomic mass is 10.2. The molecule has 19 heavy (non-hydrogen) atoms. The Hall–Kier alpha value is -2.32. The number of rotatable bonds is 4. The maximum absolute atomic E-state index is 9.13. The minimum absolute atomic E-state index is 0.453. The number of hydrogen-bond acceptors (Lipinski definition) is 4. The van der Waals surface area contributed by atoms with Gasteiger partial charge in [0, 0.05) is 14.2 Å². The summed E-state index contributed by atoms with van der Waals surface area (Å²) in [6.07, 6.45) is 0. The summed E-state index contributed by atoms with van der Waals surface area (Å²) >= 11 is 0. The number of benzene rings is 1. The van der Waals surface area contributed by atoms with Crippen LogP contribution in [-0.4, -0.2) is 16.9 Å². The number of aryl methyl sites for hydroxylation is 2. The largest absolute Gasteiger partial charge is 0.438 e. The Bertz CT molecular complexity index is 626. The average molecular weight is 257 g/mol. The van der Waals surface area contributed by atoms with Gasteiger partial charge in [0.05, 0.1) is 12.3 Å². The number of hydrogen-bond donors (Lipinski definition) is 0. The zero-order chi connectivity index (χ0) is 13.8. The van der Waals surface area contributed by atoms with E-state index in [4.69, 9.17) is 14.7 Å². The van der Waals surface area contributed by atoms with Crippen LogP contribution in [0.1, 0.15) is 16.8 Å². The molecule has 0 bridgehead atoms. The first-order valence-corrected chi connectivity index (χ1v) is 5.85. The van der Waals surface area contributed by atoms with Crippen LogP contribution in [0.5, 0.6) is 11.6 Å². The van der Waals surface area contributed by atoms with E-state index >= 15 is 0 Å². The van der Waals surface area contributed by atoms with Crippen molar-refractivity contribution in [2.45, 2.75) is 13.5 Å². The van der Waals surface area contributed by atoms with Gasteiger partial charge in [0.25, 0.3) is 0 Å². The maximum atomic E-state index is 9.13. The second kappa shape index (κ2) is 5.55. The van der Waals surface area contributed by atoms with Crippen molar-refractivity contribution in [2.75, 3.05) is 7.11 Å². The summed E-state index contributed by atoms with van der Waals surface area (Å²) in [6.45, 7) is 2.31. The third-order valence-corrected chi connectivity index (χ3v) is 2.71. The zero-order valence-corrected chi connectivity index (χ0v) is 11.2. The number of aromatic nitrogens is 2. The van der Waals surface area contributed by atoms with Crippen molar-refractivity contribution >= 4 is 0 Å². The average Bonchev–Trinajstić information content (AvgIpc) is 2.65. The minimum Gasteiger partial charge on any atom is -0.438 e. The molecule has 0 saturated heterocycles. The fraction of sp³-hybridized carbons (Fsp3) is 0.286. The predicted molar refractivity (Wildman–Crippen MR) is 69.9 cm³/mol. The van der Waals surface area contributed by atoms with E-state index in [1.807, 2.05) is 24.3 Å². The van der Waals surface area contributed by atoms with Crippen LogP contribution in [0.25, 0.3) is 0 Å². The third kappa shape index (κ3) is 2.75. The van der Waals surface area contributed by atoms with Gasteiger partial charge < -0.3 is 9.47 Å². The standard InChI is InChI=1S/C14H15N3O2/c1-10-13(8-15)14(17(2)16-10)19-12-6-4-5-11(7-12)9-18-3/h4-7H,9H2,1-3H3. The highest BCUT2D eigenvalue weighted by Gasteiger charge is 2.15. The Labute approximate surface area is 112 Å². The van der Waals surface area contributed by atoms with Crippen molar-refractivity contribution in [3.8, 4) is 17.7 Å². The lowest BCUT2D eigenvalue weighted by molar-refractivity contribution is 0.184. The fourth-order valence-corrected chi connectivity index (χ4v) is 1.86. The van der Waals surface area contributed by atoms with Crippen molar-refractivity contribution in [3.63, 3.8) is 0 Å². The molecule has 0 aliphatic carbocycles. The van der Waals surface area contributed by atoms with Gasteiger partial charge in [-0.05, 0) is 24.6 Å². The molecule has 1 aromatic carbocycles. The summed E-state index contributed by atoms with van der Waals surface area (Å²) < 4.78 is 12.4. The van der Waals surface area contributed by atoms with E-state index in [1.165, 1.54) is 0 Å². The molecule has 1 heterocycles. The summed E-state index contributed by atoms with van der Waals surface area (Å²) in [5, 5.41) is 13.3. The zero-order valence-electron chi connectivity index (χ0n) is 11.2. The van der Waals surface area contributed by atoms with Gasteiger partial charge in [0.15, 0.2) is 0 Å². The Kier molecular flexibility index (Phi) is 3.83. The third-order valence-electron chi connectivity index (χ3n) is 2.71. The molecule has 98 valence electrons. The van der Waals surface area contributed by atoms with E-state index in [0.717, 1.165) is 5.56 Å². The first kappa shape index (κ1) is 13.1. The molecule has 0 saturated carbocycles. The molecule has 0 spiro atoms.